The van der Waals surface area contributed by atoms with Crippen LogP contribution in [0, 0.1) is 13.8 Å². The van der Waals surface area contributed by atoms with Crippen LogP contribution in [-0.2, 0) is 6.42 Å². The predicted molar refractivity (Wildman–Crippen MR) is 81.9 cm³/mol. The normalized spacial score (nSPS) is 17.7. The van der Waals surface area contributed by atoms with Gasteiger partial charge >= 0.3 is 0 Å². The summed E-state index contributed by atoms with van der Waals surface area (Å²) >= 11 is 0. The summed E-state index contributed by atoms with van der Waals surface area (Å²) in [6.45, 7) is 5.55. The summed E-state index contributed by atoms with van der Waals surface area (Å²) in [7, 11) is 0. The van der Waals surface area contributed by atoms with Gasteiger partial charge in [0.25, 0.3) is 0 Å². The Hall–Kier alpha value is -1.76. The molecule has 0 radical (unpaired) electrons. The predicted octanol–water partition coefficient (Wildman–Crippen LogP) is 4.45. The van der Waals surface area contributed by atoms with Crippen LogP contribution in [0.5, 0.6) is 0 Å². The molecule has 98 valence electrons. The van der Waals surface area contributed by atoms with Crippen molar-refractivity contribution in [3.05, 3.63) is 64.7 Å². The van der Waals surface area contributed by atoms with E-state index in [0.717, 1.165) is 13.0 Å². The molecule has 1 nitrogen and oxygen atoms in total. The van der Waals surface area contributed by atoms with Crippen LogP contribution >= 0.6 is 0 Å². The minimum atomic E-state index is 0.650. The number of nitrogens with one attached hydrogen (secondary N) is 1. The first kappa shape index (κ1) is 12.3. The topological polar surface area (TPSA) is 12.0 Å². The molecule has 0 aliphatic carbocycles. The van der Waals surface area contributed by atoms with Gasteiger partial charge in [0.15, 0.2) is 0 Å². The van der Waals surface area contributed by atoms with Crippen molar-refractivity contribution in [2.75, 3.05) is 11.9 Å². The quantitative estimate of drug-likeness (QED) is 0.831. The summed E-state index contributed by atoms with van der Waals surface area (Å²) in [4.78, 5) is 0. The fourth-order valence-corrected chi connectivity index (χ4v) is 3.18. The van der Waals surface area contributed by atoms with Gasteiger partial charge in [-0.1, -0.05) is 36.4 Å². The number of aryl methyl sites for hydroxylation is 2. The van der Waals surface area contributed by atoms with E-state index in [1.165, 1.54) is 34.4 Å². The fourth-order valence-electron chi connectivity index (χ4n) is 3.18. The molecule has 1 atom stereocenters. The highest BCUT2D eigenvalue weighted by atomic mass is 14.9. The molecule has 0 saturated heterocycles. The van der Waals surface area contributed by atoms with E-state index in [-0.39, 0.29) is 0 Å². The molecule has 19 heavy (non-hydrogen) atoms. The van der Waals surface area contributed by atoms with Gasteiger partial charge < -0.3 is 5.32 Å². The molecule has 1 unspecified atom stereocenters. The molecule has 3 rings (SSSR count). The molecular formula is C18H21N. The number of hydrogen-bond donors (Lipinski definition) is 1. The SMILES string of the molecule is Cc1cccc(C)c1CC1CCNc2ccccc21. The largest absolute Gasteiger partial charge is 0.385 e. The first-order valence-electron chi connectivity index (χ1n) is 7.13. The molecule has 2 aromatic carbocycles. The Morgan fingerprint density at radius 1 is 1.00 bits per heavy atom. The summed E-state index contributed by atoms with van der Waals surface area (Å²) in [5.41, 5.74) is 7.19. The van der Waals surface area contributed by atoms with E-state index in [0.29, 0.717) is 5.92 Å². The van der Waals surface area contributed by atoms with Crippen LogP contribution < -0.4 is 5.32 Å². The van der Waals surface area contributed by atoms with Crippen LogP contribution in [0.4, 0.5) is 5.69 Å². The van der Waals surface area contributed by atoms with Gasteiger partial charge in [-0.2, -0.15) is 0 Å². The van der Waals surface area contributed by atoms with Crippen LogP contribution in [0.15, 0.2) is 42.5 Å². The van der Waals surface area contributed by atoms with Gasteiger partial charge in [-0.05, 0) is 60.9 Å². The number of para-hydroxylation sites is 1. The molecule has 1 heterocycles. The van der Waals surface area contributed by atoms with Gasteiger partial charge in [-0.15, -0.1) is 0 Å². The monoisotopic (exact) mass is 251 g/mol. The molecule has 1 aliphatic heterocycles. The molecular weight excluding hydrogens is 230 g/mol. The standard InChI is InChI=1S/C18H21N/c1-13-6-5-7-14(2)17(13)12-15-10-11-19-18-9-4-3-8-16(15)18/h3-9,15,19H,10-12H2,1-2H3. The maximum atomic E-state index is 3.51. The highest BCUT2D eigenvalue weighted by Crippen LogP contribution is 2.34. The van der Waals surface area contributed by atoms with Crippen LogP contribution in [0.3, 0.4) is 0 Å². The Labute approximate surface area is 115 Å². The molecule has 2 aromatic rings. The molecule has 0 spiro atoms. The van der Waals surface area contributed by atoms with Crippen molar-refractivity contribution in [1.29, 1.82) is 0 Å². The number of hydrogen-bond acceptors (Lipinski definition) is 1. The third kappa shape index (κ3) is 2.37. The summed E-state index contributed by atoms with van der Waals surface area (Å²) in [5, 5.41) is 3.51. The highest BCUT2D eigenvalue weighted by Gasteiger charge is 2.20. The second-order valence-electron chi connectivity index (χ2n) is 5.57. The van der Waals surface area contributed by atoms with Crippen molar-refractivity contribution in [3.63, 3.8) is 0 Å². The molecule has 0 amide bonds. The molecule has 1 heteroatoms. The lowest BCUT2D eigenvalue weighted by Crippen LogP contribution is -2.18. The zero-order chi connectivity index (χ0) is 13.2. The minimum Gasteiger partial charge on any atom is -0.385 e. The van der Waals surface area contributed by atoms with E-state index < -0.39 is 0 Å². The minimum absolute atomic E-state index is 0.650. The number of benzene rings is 2. The Morgan fingerprint density at radius 2 is 1.74 bits per heavy atom. The maximum Gasteiger partial charge on any atom is 0.0375 e. The van der Waals surface area contributed by atoms with E-state index in [9.17, 15) is 0 Å². The van der Waals surface area contributed by atoms with Gasteiger partial charge in [0.2, 0.25) is 0 Å². The molecule has 0 saturated carbocycles. The lowest BCUT2D eigenvalue weighted by molar-refractivity contribution is 0.621. The van der Waals surface area contributed by atoms with Gasteiger partial charge in [0.05, 0.1) is 0 Å². The lowest BCUT2D eigenvalue weighted by Gasteiger charge is -2.27. The third-order valence-corrected chi connectivity index (χ3v) is 4.30. The summed E-state index contributed by atoms with van der Waals surface area (Å²) in [5.74, 6) is 0.650. The van der Waals surface area contributed by atoms with Crippen molar-refractivity contribution in [1.82, 2.24) is 0 Å². The Kier molecular flexibility index (Phi) is 3.29. The van der Waals surface area contributed by atoms with Crippen LogP contribution in [0.25, 0.3) is 0 Å². The number of anilines is 1. The number of rotatable bonds is 2. The maximum absolute atomic E-state index is 3.51. The average Bonchev–Trinajstić information content (AvgIpc) is 2.43. The zero-order valence-corrected chi connectivity index (χ0v) is 11.7. The molecule has 0 aromatic heterocycles. The molecule has 0 fully saturated rings. The smallest absolute Gasteiger partial charge is 0.0375 e. The lowest BCUT2D eigenvalue weighted by atomic mass is 9.83. The summed E-state index contributed by atoms with van der Waals surface area (Å²) in [6.07, 6.45) is 2.39. The van der Waals surface area contributed by atoms with Gasteiger partial charge in [0.1, 0.15) is 0 Å². The Bertz CT molecular complexity index is 566. The number of fused-ring (bicyclic) bond motifs is 1. The first-order valence-corrected chi connectivity index (χ1v) is 7.13. The van der Waals surface area contributed by atoms with Gasteiger partial charge in [-0.3, -0.25) is 0 Å². The van der Waals surface area contributed by atoms with E-state index >= 15 is 0 Å². The summed E-state index contributed by atoms with van der Waals surface area (Å²) < 4.78 is 0. The van der Waals surface area contributed by atoms with Crippen molar-refractivity contribution in [3.8, 4) is 0 Å². The zero-order valence-electron chi connectivity index (χ0n) is 11.7. The van der Waals surface area contributed by atoms with Crippen LogP contribution in [0.1, 0.15) is 34.6 Å². The molecule has 0 bridgehead atoms. The second-order valence-corrected chi connectivity index (χ2v) is 5.57. The first-order chi connectivity index (χ1) is 9.25. The van der Waals surface area contributed by atoms with E-state index in [2.05, 4.69) is 61.6 Å². The van der Waals surface area contributed by atoms with E-state index in [1.54, 1.807) is 0 Å². The van der Waals surface area contributed by atoms with Crippen LogP contribution in [-0.4, -0.2) is 6.54 Å². The second kappa shape index (κ2) is 5.08. The van der Waals surface area contributed by atoms with Crippen molar-refractivity contribution >= 4 is 5.69 Å². The van der Waals surface area contributed by atoms with E-state index in [4.69, 9.17) is 0 Å². The van der Waals surface area contributed by atoms with Crippen molar-refractivity contribution < 1.29 is 0 Å². The molecule has 1 aliphatic rings. The highest BCUT2D eigenvalue weighted by molar-refractivity contribution is 5.55. The van der Waals surface area contributed by atoms with Gasteiger partial charge in [0, 0.05) is 12.2 Å². The van der Waals surface area contributed by atoms with E-state index in [1.807, 2.05) is 0 Å². The van der Waals surface area contributed by atoms with Gasteiger partial charge in [-0.25, -0.2) is 0 Å². The average molecular weight is 251 g/mol. The van der Waals surface area contributed by atoms with Crippen LogP contribution in [0.2, 0.25) is 0 Å². The fraction of sp³-hybridized carbons (Fsp3) is 0.333. The van der Waals surface area contributed by atoms with Crippen molar-refractivity contribution in [2.24, 2.45) is 0 Å². The third-order valence-electron chi connectivity index (χ3n) is 4.30. The summed E-state index contributed by atoms with van der Waals surface area (Å²) in [6, 6.07) is 15.4. The Morgan fingerprint density at radius 3 is 2.53 bits per heavy atom. The molecule has 1 N–H and O–H groups in total. The van der Waals surface area contributed by atoms with Crippen molar-refractivity contribution in [2.45, 2.75) is 32.6 Å². The Balaban J connectivity index is 1.93.